The molecule has 0 N–H and O–H groups in total. The lowest BCUT2D eigenvalue weighted by Gasteiger charge is -2.18. The summed E-state index contributed by atoms with van der Waals surface area (Å²) in [5.41, 5.74) is 3.36. The highest BCUT2D eigenvalue weighted by molar-refractivity contribution is 5.58. The highest BCUT2D eigenvalue weighted by Gasteiger charge is 2.31. The topological polar surface area (TPSA) is 34.8 Å². The summed E-state index contributed by atoms with van der Waals surface area (Å²) in [6.45, 7) is 2.53. The maximum atomic E-state index is 12.3. The zero-order valence-electron chi connectivity index (χ0n) is 16.5. The molecule has 7 heteroatoms. The molecule has 158 valence electrons. The number of fused-ring (bicyclic) bond motifs is 1. The van der Waals surface area contributed by atoms with Gasteiger partial charge < -0.3 is 13.9 Å². The van der Waals surface area contributed by atoms with Gasteiger partial charge in [-0.05, 0) is 72.5 Å². The minimum Gasteiger partial charge on any atom is -0.497 e. The Morgan fingerprint density at radius 2 is 1.60 bits per heavy atom. The molecule has 4 nitrogen and oxygen atoms in total. The SMILES string of the molecule is COc1ccc2c(c1)CCN(Cc1ccc(-c3ccc(OC(F)(F)F)cc3)o1)CC2. The molecule has 2 heterocycles. The van der Waals surface area contributed by atoms with Gasteiger partial charge in [-0.15, -0.1) is 13.2 Å². The summed E-state index contributed by atoms with van der Waals surface area (Å²) in [6.07, 6.45) is -2.79. The maximum absolute atomic E-state index is 12.3. The Labute approximate surface area is 172 Å². The molecule has 1 aromatic heterocycles. The van der Waals surface area contributed by atoms with Crippen LogP contribution in [0.3, 0.4) is 0 Å². The standard InChI is InChI=1S/C23H22F3NO3/c1-28-20-7-2-16-10-12-27(13-11-18(16)14-20)15-21-8-9-22(29-21)17-3-5-19(6-4-17)30-23(24,25)26/h2-9,14H,10-13,15H2,1H3. The summed E-state index contributed by atoms with van der Waals surface area (Å²) in [6, 6.07) is 15.7. The second-order valence-corrected chi connectivity index (χ2v) is 7.25. The summed E-state index contributed by atoms with van der Waals surface area (Å²) in [5, 5.41) is 0. The normalized spacial score (nSPS) is 14.8. The minimum absolute atomic E-state index is 0.251. The van der Waals surface area contributed by atoms with Crippen molar-refractivity contribution < 1.29 is 27.1 Å². The Balaban J connectivity index is 1.39. The Morgan fingerprint density at radius 3 is 2.30 bits per heavy atom. The van der Waals surface area contributed by atoms with E-state index in [0.29, 0.717) is 17.9 Å². The molecule has 0 fully saturated rings. The van der Waals surface area contributed by atoms with E-state index in [2.05, 4.69) is 21.8 Å². The molecule has 0 radical (unpaired) electrons. The minimum atomic E-state index is -4.70. The number of nitrogens with zero attached hydrogens (tertiary/aromatic N) is 1. The Morgan fingerprint density at radius 1 is 0.900 bits per heavy atom. The van der Waals surface area contributed by atoms with Gasteiger partial charge in [-0.1, -0.05) is 6.07 Å². The lowest BCUT2D eigenvalue weighted by atomic mass is 10.0. The van der Waals surface area contributed by atoms with Crippen LogP contribution in [0, 0.1) is 0 Å². The van der Waals surface area contributed by atoms with Gasteiger partial charge in [0.15, 0.2) is 0 Å². The highest BCUT2D eigenvalue weighted by Crippen LogP contribution is 2.28. The van der Waals surface area contributed by atoms with E-state index < -0.39 is 6.36 Å². The Hall–Kier alpha value is -2.93. The number of furan rings is 1. The molecule has 2 aromatic carbocycles. The van der Waals surface area contributed by atoms with Crippen molar-refractivity contribution >= 4 is 0 Å². The smallest absolute Gasteiger partial charge is 0.497 e. The van der Waals surface area contributed by atoms with E-state index in [1.165, 1.54) is 23.3 Å². The van der Waals surface area contributed by atoms with Crippen molar-refractivity contribution in [2.24, 2.45) is 0 Å². The van der Waals surface area contributed by atoms with Crippen molar-refractivity contribution in [1.82, 2.24) is 4.90 Å². The van der Waals surface area contributed by atoms with Gasteiger partial charge in [0.1, 0.15) is 23.0 Å². The number of ether oxygens (including phenoxy) is 2. The van der Waals surface area contributed by atoms with Crippen molar-refractivity contribution in [3.8, 4) is 22.8 Å². The highest BCUT2D eigenvalue weighted by atomic mass is 19.4. The second-order valence-electron chi connectivity index (χ2n) is 7.25. The summed E-state index contributed by atoms with van der Waals surface area (Å²) in [7, 11) is 1.68. The zero-order valence-corrected chi connectivity index (χ0v) is 16.5. The van der Waals surface area contributed by atoms with Crippen LogP contribution in [-0.2, 0) is 19.4 Å². The number of alkyl halides is 3. The number of hydrogen-bond acceptors (Lipinski definition) is 4. The maximum Gasteiger partial charge on any atom is 0.573 e. The molecule has 1 aliphatic heterocycles. The van der Waals surface area contributed by atoms with E-state index in [1.54, 1.807) is 19.2 Å². The third-order valence-corrected chi connectivity index (χ3v) is 5.22. The first-order valence-electron chi connectivity index (χ1n) is 9.73. The second kappa shape index (κ2) is 8.44. The van der Waals surface area contributed by atoms with Gasteiger partial charge in [0.2, 0.25) is 0 Å². The largest absolute Gasteiger partial charge is 0.573 e. The van der Waals surface area contributed by atoms with Crippen LogP contribution in [0.2, 0.25) is 0 Å². The third kappa shape index (κ3) is 4.97. The number of methoxy groups -OCH3 is 1. The van der Waals surface area contributed by atoms with Crippen molar-refractivity contribution in [3.63, 3.8) is 0 Å². The van der Waals surface area contributed by atoms with Crippen LogP contribution in [-0.4, -0.2) is 31.5 Å². The van der Waals surface area contributed by atoms with E-state index >= 15 is 0 Å². The summed E-state index contributed by atoms with van der Waals surface area (Å²) < 4.78 is 52.1. The van der Waals surface area contributed by atoms with E-state index in [1.807, 2.05) is 18.2 Å². The molecule has 30 heavy (non-hydrogen) atoms. The molecular formula is C23H22F3NO3. The fourth-order valence-electron chi connectivity index (χ4n) is 3.69. The summed E-state index contributed by atoms with van der Waals surface area (Å²) in [5.74, 6) is 2.07. The first-order valence-corrected chi connectivity index (χ1v) is 9.73. The van der Waals surface area contributed by atoms with Crippen molar-refractivity contribution in [2.45, 2.75) is 25.7 Å². The quantitative estimate of drug-likeness (QED) is 0.553. The molecule has 0 atom stereocenters. The molecule has 1 aliphatic rings. The van der Waals surface area contributed by atoms with Crippen LogP contribution in [0.25, 0.3) is 11.3 Å². The third-order valence-electron chi connectivity index (χ3n) is 5.22. The van der Waals surface area contributed by atoms with Crippen LogP contribution in [0.15, 0.2) is 59.0 Å². The lowest BCUT2D eigenvalue weighted by Crippen LogP contribution is -2.25. The molecule has 3 aromatic rings. The molecule has 0 unspecified atom stereocenters. The lowest BCUT2D eigenvalue weighted by molar-refractivity contribution is -0.274. The van der Waals surface area contributed by atoms with Crippen molar-refractivity contribution in [2.75, 3.05) is 20.2 Å². The van der Waals surface area contributed by atoms with Gasteiger partial charge in [-0.2, -0.15) is 0 Å². The average Bonchev–Trinajstić information content (AvgIpc) is 3.08. The van der Waals surface area contributed by atoms with E-state index in [-0.39, 0.29) is 5.75 Å². The molecule has 0 spiro atoms. The van der Waals surface area contributed by atoms with Gasteiger partial charge in [-0.25, -0.2) is 0 Å². The van der Waals surface area contributed by atoms with E-state index in [0.717, 1.165) is 37.4 Å². The summed E-state index contributed by atoms with van der Waals surface area (Å²) >= 11 is 0. The Bertz CT molecular complexity index is 996. The number of benzene rings is 2. The monoisotopic (exact) mass is 417 g/mol. The predicted molar refractivity (Wildman–Crippen MR) is 107 cm³/mol. The van der Waals surface area contributed by atoms with Crippen LogP contribution in [0.1, 0.15) is 16.9 Å². The molecule has 4 rings (SSSR count). The van der Waals surface area contributed by atoms with Gasteiger partial charge in [0.25, 0.3) is 0 Å². The molecule has 0 bridgehead atoms. The Kier molecular flexibility index (Phi) is 5.72. The van der Waals surface area contributed by atoms with Crippen molar-refractivity contribution in [1.29, 1.82) is 0 Å². The van der Waals surface area contributed by atoms with Crippen molar-refractivity contribution in [3.05, 3.63) is 71.5 Å². The molecule has 0 aliphatic carbocycles. The first-order chi connectivity index (χ1) is 14.4. The molecule has 0 saturated carbocycles. The van der Waals surface area contributed by atoms with Crippen LogP contribution in [0.5, 0.6) is 11.5 Å². The van der Waals surface area contributed by atoms with Gasteiger partial charge in [0, 0.05) is 18.7 Å². The first kappa shape index (κ1) is 20.3. The molecular weight excluding hydrogens is 395 g/mol. The summed E-state index contributed by atoms with van der Waals surface area (Å²) in [4.78, 5) is 2.34. The number of hydrogen-bond donors (Lipinski definition) is 0. The molecule has 0 saturated heterocycles. The van der Waals surface area contributed by atoms with Crippen LogP contribution >= 0.6 is 0 Å². The van der Waals surface area contributed by atoms with Gasteiger partial charge in [0.05, 0.1) is 13.7 Å². The van der Waals surface area contributed by atoms with Crippen LogP contribution in [0.4, 0.5) is 13.2 Å². The zero-order chi connectivity index (χ0) is 21.1. The fraction of sp³-hybridized carbons (Fsp3) is 0.304. The van der Waals surface area contributed by atoms with Gasteiger partial charge in [-0.3, -0.25) is 4.90 Å². The van der Waals surface area contributed by atoms with Gasteiger partial charge >= 0.3 is 6.36 Å². The number of halogens is 3. The predicted octanol–water partition coefficient (Wildman–Crippen LogP) is 5.45. The van der Waals surface area contributed by atoms with Crippen LogP contribution < -0.4 is 9.47 Å². The average molecular weight is 417 g/mol. The fourth-order valence-corrected chi connectivity index (χ4v) is 3.69. The molecule has 0 amide bonds. The van der Waals surface area contributed by atoms with E-state index in [9.17, 15) is 13.2 Å². The number of rotatable bonds is 5. The van der Waals surface area contributed by atoms with E-state index in [4.69, 9.17) is 9.15 Å².